The van der Waals surface area contributed by atoms with E-state index in [1.54, 1.807) is 4.90 Å². The highest BCUT2D eigenvalue weighted by Crippen LogP contribution is 2.47. The van der Waals surface area contributed by atoms with Gasteiger partial charge < -0.3 is 4.74 Å². The van der Waals surface area contributed by atoms with Gasteiger partial charge in [0.15, 0.2) is 0 Å². The van der Waals surface area contributed by atoms with Crippen molar-refractivity contribution in [1.82, 2.24) is 14.7 Å². The van der Waals surface area contributed by atoms with E-state index in [1.807, 2.05) is 6.20 Å². The first-order chi connectivity index (χ1) is 15.1. The maximum absolute atomic E-state index is 12.4. The SMILES string of the molecule is CCC1C=CC(C2N(C)[C@@H](c3ccccc3)[C@H](c3ccccc3)N2C)=CN1C(=O)OC. The van der Waals surface area contributed by atoms with E-state index in [4.69, 9.17) is 4.74 Å². The molecule has 4 rings (SSSR count). The second-order valence-electron chi connectivity index (χ2n) is 8.26. The maximum atomic E-state index is 12.4. The minimum Gasteiger partial charge on any atom is -0.452 e. The molecule has 5 heteroatoms. The van der Waals surface area contributed by atoms with Gasteiger partial charge >= 0.3 is 6.09 Å². The molecule has 2 aromatic rings. The summed E-state index contributed by atoms with van der Waals surface area (Å²) < 4.78 is 5.05. The summed E-state index contributed by atoms with van der Waals surface area (Å²) in [5, 5.41) is 0. The molecule has 1 unspecified atom stereocenters. The Morgan fingerprint density at radius 2 is 1.42 bits per heavy atom. The van der Waals surface area contributed by atoms with Crippen LogP contribution in [-0.2, 0) is 4.74 Å². The van der Waals surface area contributed by atoms with Crippen molar-refractivity contribution >= 4 is 6.09 Å². The molecule has 2 heterocycles. The Kier molecular flexibility index (Phi) is 6.25. The number of methoxy groups -OCH3 is 1. The van der Waals surface area contributed by atoms with Crippen molar-refractivity contribution in [2.24, 2.45) is 0 Å². The highest BCUT2D eigenvalue weighted by Gasteiger charge is 2.46. The van der Waals surface area contributed by atoms with Crippen LogP contribution in [0.5, 0.6) is 0 Å². The minimum atomic E-state index is -0.323. The average Bonchev–Trinajstić information content (AvgIpc) is 3.09. The topological polar surface area (TPSA) is 36.0 Å². The van der Waals surface area contributed by atoms with Gasteiger partial charge in [0.2, 0.25) is 0 Å². The van der Waals surface area contributed by atoms with Crippen molar-refractivity contribution in [3.05, 3.63) is 95.7 Å². The molecule has 2 aliphatic rings. The van der Waals surface area contributed by atoms with Gasteiger partial charge in [-0.2, -0.15) is 0 Å². The van der Waals surface area contributed by atoms with Gasteiger partial charge in [0.05, 0.1) is 31.4 Å². The molecule has 2 aliphatic heterocycles. The molecule has 3 atom stereocenters. The molecule has 0 spiro atoms. The zero-order valence-electron chi connectivity index (χ0n) is 18.7. The van der Waals surface area contributed by atoms with Crippen LogP contribution in [0.2, 0.25) is 0 Å². The van der Waals surface area contributed by atoms with Crippen LogP contribution in [0.1, 0.15) is 36.6 Å². The Bertz CT molecular complexity index is 906. The van der Waals surface area contributed by atoms with Crippen LogP contribution < -0.4 is 0 Å². The monoisotopic (exact) mass is 417 g/mol. The average molecular weight is 418 g/mol. The number of hydrogen-bond donors (Lipinski definition) is 0. The Morgan fingerprint density at radius 1 is 0.903 bits per heavy atom. The lowest BCUT2D eigenvalue weighted by molar-refractivity contribution is 0.128. The molecule has 1 fully saturated rings. The number of amides is 1. The van der Waals surface area contributed by atoms with Crippen LogP contribution >= 0.6 is 0 Å². The zero-order chi connectivity index (χ0) is 22.0. The summed E-state index contributed by atoms with van der Waals surface area (Å²) in [4.78, 5) is 19.0. The molecule has 0 radical (unpaired) electrons. The van der Waals surface area contributed by atoms with E-state index in [9.17, 15) is 4.79 Å². The first kappa shape index (κ1) is 21.3. The number of nitrogens with zero attached hydrogens (tertiary/aromatic N) is 3. The van der Waals surface area contributed by atoms with Gasteiger partial charge in [0.25, 0.3) is 0 Å². The largest absolute Gasteiger partial charge is 0.452 e. The van der Waals surface area contributed by atoms with E-state index in [0.29, 0.717) is 0 Å². The summed E-state index contributed by atoms with van der Waals surface area (Å²) in [6.45, 7) is 2.08. The third kappa shape index (κ3) is 3.91. The van der Waals surface area contributed by atoms with Crippen LogP contribution in [-0.4, -0.2) is 54.2 Å². The van der Waals surface area contributed by atoms with E-state index in [1.165, 1.54) is 18.2 Å². The Labute approximate surface area is 185 Å². The first-order valence-electron chi connectivity index (χ1n) is 10.9. The summed E-state index contributed by atoms with van der Waals surface area (Å²) in [7, 11) is 5.78. The first-order valence-corrected chi connectivity index (χ1v) is 10.9. The van der Waals surface area contributed by atoms with Gasteiger partial charge in [0, 0.05) is 11.8 Å². The second-order valence-corrected chi connectivity index (χ2v) is 8.26. The number of ether oxygens (including phenoxy) is 1. The van der Waals surface area contributed by atoms with Crippen molar-refractivity contribution in [2.45, 2.75) is 37.6 Å². The van der Waals surface area contributed by atoms with Gasteiger partial charge in [-0.05, 0) is 31.6 Å². The predicted octanol–water partition coefficient (Wildman–Crippen LogP) is 4.97. The number of rotatable bonds is 4. The standard InChI is InChI=1S/C26H31N3O2/c1-5-22-17-16-21(18-29(22)26(30)31-4)25-27(2)23(19-12-8-6-9-13-19)24(28(25)3)20-14-10-7-11-15-20/h6-18,22-25H,5H2,1-4H3/t22?,23-,24-/m0/s1. The third-order valence-electron chi connectivity index (χ3n) is 6.49. The molecule has 1 amide bonds. The molecule has 0 saturated carbocycles. The van der Waals surface area contributed by atoms with Gasteiger partial charge in [-0.3, -0.25) is 14.7 Å². The lowest BCUT2D eigenvalue weighted by Gasteiger charge is -2.34. The number of hydrogen-bond acceptors (Lipinski definition) is 4. The lowest BCUT2D eigenvalue weighted by Crippen LogP contribution is -2.42. The molecular weight excluding hydrogens is 386 g/mol. The molecule has 0 bridgehead atoms. The van der Waals surface area contributed by atoms with Crippen LogP contribution in [0, 0.1) is 0 Å². The Hall–Kier alpha value is -2.89. The van der Waals surface area contributed by atoms with E-state index in [-0.39, 0.29) is 30.4 Å². The molecule has 1 saturated heterocycles. The third-order valence-corrected chi connectivity index (χ3v) is 6.49. The maximum Gasteiger partial charge on any atom is 0.414 e. The fraction of sp³-hybridized carbons (Fsp3) is 0.346. The van der Waals surface area contributed by atoms with Gasteiger partial charge in [-0.25, -0.2) is 4.79 Å². The molecule has 162 valence electrons. The summed E-state index contributed by atoms with van der Waals surface area (Å²) in [5.74, 6) is 0. The van der Waals surface area contributed by atoms with Crippen molar-refractivity contribution in [2.75, 3.05) is 21.2 Å². The molecule has 0 N–H and O–H groups in total. The molecule has 0 aromatic heterocycles. The van der Waals surface area contributed by atoms with E-state index in [0.717, 1.165) is 12.0 Å². The Morgan fingerprint density at radius 3 is 1.87 bits per heavy atom. The van der Waals surface area contributed by atoms with Gasteiger partial charge in [0.1, 0.15) is 0 Å². The number of carbonyl (C=O) groups excluding carboxylic acids is 1. The van der Waals surface area contributed by atoms with Gasteiger partial charge in [-0.15, -0.1) is 0 Å². The highest BCUT2D eigenvalue weighted by atomic mass is 16.5. The van der Waals surface area contributed by atoms with Crippen LogP contribution in [0.4, 0.5) is 4.79 Å². The van der Waals surface area contributed by atoms with Crippen molar-refractivity contribution in [1.29, 1.82) is 0 Å². The van der Waals surface area contributed by atoms with Crippen molar-refractivity contribution in [3.63, 3.8) is 0 Å². The normalized spacial score (nSPS) is 25.0. The smallest absolute Gasteiger partial charge is 0.414 e. The van der Waals surface area contributed by atoms with E-state index < -0.39 is 0 Å². The quantitative estimate of drug-likeness (QED) is 0.703. The van der Waals surface area contributed by atoms with Crippen molar-refractivity contribution in [3.8, 4) is 0 Å². The molecule has 2 aromatic carbocycles. The van der Waals surface area contributed by atoms with Crippen LogP contribution in [0.15, 0.2) is 84.6 Å². The van der Waals surface area contributed by atoms with Crippen molar-refractivity contribution < 1.29 is 9.53 Å². The minimum absolute atomic E-state index is 0.0167. The second kappa shape index (κ2) is 9.08. The summed E-state index contributed by atoms with van der Waals surface area (Å²) in [6, 6.07) is 21.7. The molecule has 0 aliphatic carbocycles. The number of benzene rings is 2. The summed E-state index contributed by atoms with van der Waals surface area (Å²) >= 11 is 0. The summed E-state index contributed by atoms with van der Waals surface area (Å²) in [5.41, 5.74) is 3.65. The fourth-order valence-corrected chi connectivity index (χ4v) is 5.04. The summed E-state index contributed by atoms with van der Waals surface area (Å²) in [6.07, 6.45) is 6.79. The highest BCUT2D eigenvalue weighted by molar-refractivity contribution is 5.70. The lowest BCUT2D eigenvalue weighted by atomic mass is 9.93. The zero-order valence-corrected chi connectivity index (χ0v) is 18.7. The van der Waals surface area contributed by atoms with E-state index in [2.05, 4.69) is 104 Å². The molecule has 5 nitrogen and oxygen atoms in total. The number of carbonyl (C=O) groups is 1. The van der Waals surface area contributed by atoms with E-state index >= 15 is 0 Å². The van der Waals surface area contributed by atoms with Crippen LogP contribution in [0.3, 0.4) is 0 Å². The van der Waals surface area contributed by atoms with Gasteiger partial charge in [-0.1, -0.05) is 79.7 Å². The Balaban J connectivity index is 1.76. The predicted molar refractivity (Wildman–Crippen MR) is 123 cm³/mol. The molecule has 31 heavy (non-hydrogen) atoms. The fourth-order valence-electron chi connectivity index (χ4n) is 5.04. The molecular formula is C26H31N3O2. The number of likely N-dealkylation sites (N-methyl/N-ethyl adjacent to an activating group) is 2. The van der Waals surface area contributed by atoms with Crippen LogP contribution in [0.25, 0.3) is 0 Å².